The van der Waals surface area contributed by atoms with Crippen molar-refractivity contribution in [2.24, 2.45) is 5.92 Å². The summed E-state index contributed by atoms with van der Waals surface area (Å²) in [5.74, 6) is -0.333. The molecule has 0 radical (unpaired) electrons. The number of likely N-dealkylation sites (tertiary alicyclic amines) is 1. The number of aryl methyl sites for hydroxylation is 1. The van der Waals surface area contributed by atoms with E-state index in [2.05, 4.69) is 11.0 Å². The highest BCUT2D eigenvalue weighted by molar-refractivity contribution is 7.14. The van der Waals surface area contributed by atoms with Crippen molar-refractivity contribution in [3.05, 3.63) is 64.0 Å². The van der Waals surface area contributed by atoms with E-state index in [0.717, 1.165) is 53.4 Å². The number of nitrogens with zero attached hydrogens (tertiary/aromatic N) is 4. The largest absolute Gasteiger partial charge is 0.488 e. The highest BCUT2D eigenvalue weighted by Gasteiger charge is 2.26. The maximum atomic E-state index is 12.8. The average molecular weight is 531 g/mol. The van der Waals surface area contributed by atoms with Crippen LogP contribution in [0.15, 0.2) is 41.8 Å². The Labute approximate surface area is 226 Å². The molecule has 0 aliphatic carbocycles. The van der Waals surface area contributed by atoms with Crippen molar-refractivity contribution < 1.29 is 19.4 Å². The van der Waals surface area contributed by atoms with Crippen LogP contribution in [0.25, 0.3) is 11.3 Å². The van der Waals surface area contributed by atoms with Crippen LogP contribution in [0.1, 0.15) is 52.7 Å². The number of hydrogen-bond acceptors (Lipinski definition) is 7. The standard InChI is InChI=1S/C29H30N4O4S/c1-19-5-4-6-24(25-18-38-29(31-25)33-13-9-20(10-14-33)28(35)36)26(19)37-17-22-8-7-21(15-23(22)16-30)27(34)32-11-2-3-12-32/h4-8,15,18,20H,2-3,9-14,17H2,1H3,(H,35,36). The zero-order valence-corrected chi connectivity index (χ0v) is 22.2. The molecule has 5 rings (SSSR count). The topological polar surface area (TPSA) is 107 Å². The van der Waals surface area contributed by atoms with E-state index in [1.165, 1.54) is 0 Å². The van der Waals surface area contributed by atoms with Gasteiger partial charge in [0.15, 0.2) is 5.13 Å². The number of thiazole rings is 1. The molecule has 2 fully saturated rings. The maximum Gasteiger partial charge on any atom is 0.306 e. The number of carboxylic acid groups (broad SMARTS) is 1. The van der Waals surface area contributed by atoms with Gasteiger partial charge in [0, 0.05) is 48.2 Å². The summed E-state index contributed by atoms with van der Waals surface area (Å²) in [7, 11) is 0. The second-order valence-electron chi connectivity index (χ2n) is 9.84. The fourth-order valence-corrected chi connectivity index (χ4v) is 5.97. The Morgan fingerprint density at radius 2 is 1.92 bits per heavy atom. The van der Waals surface area contributed by atoms with Crippen LogP contribution < -0.4 is 9.64 Å². The fraction of sp³-hybridized carbons (Fsp3) is 0.379. The Morgan fingerprint density at radius 3 is 2.63 bits per heavy atom. The summed E-state index contributed by atoms with van der Waals surface area (Å²) in [4.78, 5) is 32.9. The van der Waals surface area contributed by atoms with Gasteiger partial charge in [-0.05, 0) is 56.4 Å². The number of ether oxygens (including phenoxy) is 1. The van der Waals surface area contributed by atoms with Crippen molar-refractivity contribution in [3.63, 3.8) is 0 Å². The Balaban J connectivity index is 1.32. The van der Waals surface area contributed by atoms with Gasteiger partial charge in [0.2, 0.25) is 0 Å². The number of rotatable bonds is 7. The Kier molecular flexibility index (Phi) is 7.61. The van der Waals surface area contributed by atoms with Crippen molar-refractivity contribution in [1.29, 1.82) is 5.26 Å². The minimum Gasteiger partial charge on any atom is -0.488 e. The average Bonchev–Trinajstić information content (AvgIpc) is 3.65. The van der Waals surface area contributed by atoms with E-state index >= 15 is 0 Å². The second-order valence-corrected chi connectivity index (χ2v) is 10.7. The van der Waals surface area contributed by atoms with Gasteiger partial charge in [0.1, 0.15) is 12.4 Å². The predicted octanol–water partition coefficient (Wildman–Crippen LogP) is 5.11. The zero-order chi connectivity index (χ0) is 26.6. The molecule has 1 N–H and O–H groups in total. The Hall–Kier alpha value is -3.90. The highest BCUT2D eigenvalue weighted by Crippen LogP contribution is 2.37. The molecular weight excluding hydrogens is 500 g/mol. The van der Waals surface area contributed by atoms with Crippen LogP contribution in [0.2, 0.25) is 0 Å². The number of amides is 1. The molecule has 2 aliphatic heterocycles. The molecule has 0 saturated carbocycles. The first kappa shape index (κ1) is 25.7. The monoisotopic (exact) mass is 530 g/mol. The van der Waals surface area contributed by atoms with Crippen LogP contribution in [0.3, 0.4) is 0 Å². The van der Waals surface area contributed by atoms with Gasteiger partial charge in [0.05, 0.1) is 23.2 Å². The lowest BCUT2D eigenvalue weighted by Gasteiger charge is -2.29. The molecule has 9 heteroatoms. The number of carbonyl (C=O) groups is 2. The molecule has 3 aromatic rings. The number of nitriles is 1. The number of benzene rings is 2. The van der Waals surface area contributed by atoms with Gasteiger partial charge in [-0.1, -0.05) is 18.2 Å². The number of aromatic nitrogens is 1. The van der Waals surface area contributed by atoms with Crippen LogP contribution in [-0.2, 0) is 11.4 Å². The van der Waals surface area contributed by atoms with E-state index in [1.807, 2.05) is 41.5 Å². The number of aliphatic carboxylic acids is 1. The zero-order valence-electron chi connectivity index (χ0n) is 21.4. The van der Waals surface area contributed by atoms with Gasteiger partial charge in [-0.25, -0.2) is 4.98 Å². The molecule has 0 bridgehead atoms. The molecule has 8 nitrogen and oxygen atoms in total. The lowest BCUT2D eigenvalue weighted by molar-refractivity contribution is -0.142. The summed E-state index contributed by atoms with van der Waals surface area (Å²) in [6.45, 7) is 5.05. The van der Waals surface area contributed by atoms with Gasteiger partial charge in [-0.15, -0.1) is 11.3 Å². The first-order valence-electron chi connectivity index (χ1n) is 12.9. The van der Waals surface area contributed by atoms with Gasteiger partial charge in [-0.2, -0.15) is 5.26 Å². The van der Waals surface area contributed by atoms with Crippen LogP contribution in [0.4, 0.5) is 5.13 Å². The molecule has 0 unspecified atom stereocenters. The first-order valence-corrected chi connectivity index (χ1v) is 13.8. The van der Waals surface area contributed by atoms with Crippen molar-refractivity contribution in [3.8, 4) is 23.1 Å². The lowest BCUT2D eigenvalue weighted by atomic mass is 9.97. The third kappa shape index (κ3) is 5.36. The molecule has 196 valence electrons. The normalized spacial score (nSPS) is 15.9. The number of carbonyl (C=O) groups excluding carboxylic acids is 1. The van der Waals surface area contributed by atoms with Crippen molar-refractivity contribution in [2.45, 2.75) is 39.2 Å². The molecule has 0 spiro atoms. The third-order valence-electron chi connectivity index (χ3n) is 7.34. The van der Waals surface area contributed by atoms with E-state index in [1.54, 1.807) is 23.5 Å². The minimum atomic E-state index is -0.724. The van der Waals surface area contributed by atoms with Crippen LogP contribution in [0, 0.1) is 24.2 Å². The van der Waals surface area contributed by atoms with Crippen LogP contribution in [0.5, 0.6) is 5.75 Å². The summed E-state index contributed by atoms with van der Waals surface area (Å²) >= 11 is 1.54. The van der Waals surface area contributed by atoms with Crippen molar-refractivity contribution in [1.82, 2.24) is 9.88 Å². The molecule has 2 saturated heterocycles. The predicted molar refractivity (Wildman–Crippen MR) is 145 cm³/mol. The smallest absolute Gasteiger partial charge is 0.306 e. The van der Waals surface area contributed by atoms with E-state index in [-0.39, 0.29) is 18.4 Å². The number of carboxylic acids is 1. The Morgan fingerprint density at radius 1 is 1.16 bits per heavy atom. The van der Waals surface area contributed by atoms with Crippen LogP contribution in [-0.4, -0.2) is 53.0 Å². The highest BCUT2D eigenvalue weighted by atomic mass is 32.1. The summed E-state index contributed by atoms with van der Waals surface area (Å²) in [5, 5.41) is 21.9. The number of anilines is 1. The maximum absolute atomic E-state index is 12.8. The fourth-order valence-electron chi connectivity index (χ4n) is 5.09. The number of piperidine rings is 1. The molecule has 0 atom stereocenters. The van der Waals surface area contributed by atoms with Crippen LogP contribution >= 0.6 is 11.3 Å². The first-order chi connectivity index (χ1) is 18.4. The van der Waals surface area contributed by atoms with Gasteiger partial charge in [0.25, 0.3) is 5.91 Å². The lowest BCUT2D eigenvalue weighted by Crippen LogP contribution is -2.36. The van der Waals surface area contributed by atoms with E-state index < -0.39 is 5.97 Å². The third-order valence-corrected chi connectivity index (χ3v) is 8.24. The molecular formula is C29H30N4O4S. The SMILES string of the molecule is Cc1cccc(-c2csc(N3CCC(C(=O)O)CC3)n2)c1OCc1ccc(C(=O)N2CCCC2)cc1C#N. The second kappa shape index (κ2) is 11.2. The van der Waals surface area contributed by atoms with E-state index in [9.17, 15) is 20.0 Å². The molecule has 1 amide bonds. The van der Waals surface area contributed by atoms with Gasteiger partial charge < -0.3 is 19.6 Å². The molecule has 2 aromatic carbocycles. The Bertz CT molecular complexity index is 1380. The summed E-state index contributed by atoms with van der Waals surface area (Å²) in [6, 6.07) is 13.4. The quantitative estimate of drug-likeness (QED) is 0.453. The molecule has 38 heavy (non-hydrogen) atoms. The number of hydrogen-bond donors (Lipinski definition) is 1. The summed E-state index contributed by atoms with van der Waals surface area (Å²) in [6.07, 6.45) is 3.27. The van der Waals surface area contributed by atoms with E-state index in [0.29, 0.717) is 42.8 Å². The summed E-state index contributed by atoms with van der Waals surface area (Å²) in [5.41, 5.74) is 4.32. The molecule has 3 heterocycles. The summed E-state index contributed by atoms with van der Waals surface area (Å²) < 4.78 is 6.29. The number of para-hydroxylation sites is 1. The van der Waals surface area contributed by atoms with Crippen molar-refractivity contribution in [2.75, 3.05) is 31.1 Å². The molecule has 2 aliphatic rings. The molecule has 1 aromatic heterocycles. The van der Waals surface area contributed by atoms with Gasteiger partial charge >= 0.3 is 5.97 Å². The minimum absolute atomic E-state index is 0.0285. The van der Waals surface area contributed by atoms with Crippen molar-refractivity contribution >= 4 is 28.3 Å². The van der Waals surface area contributed by atoms with E-state index in [4.69, 9.17) is 9.72 Å². The van der Waals surface area contributed by atoms with Gasteiger partial charge in [-0.3, -0.25) is 9.59 Å².